The zero-order valence-electron chi connectivity index (χ0n) is 4.56. The average molecular weight is 252 g/mol. The molecule has 0 amide bonds. The summed E-state index contributed by atoms with van der Waals surface area (Å²) in [6.45, 7) is 0. The van der Waals surface area contributed by atoms with E-state index in [-0.39, 0.29) is 0 Å². The standard InChI is InChI=1S/CH2O3.AsF6/c2-1(3)4;2-1(3,4,5,6)7/h(H2,2,3,4);/q;-1/p+1. The maximum atomic E-state index is 9.91. The fourth-order valence-electron chi connectivity index (χ4n) is 0. The molecule has 3 N–H and O–H groups in total. The Morgan fingerprint density at radius 3 is 0.909 bits per heavy atom. The van der Waals surface area contributed by atoms with Gasteiger partial charge >= 0.3 is 41.1 Å². The Kier molecular flexibility index (Phi) is 2.60. The van der Waals surface area contributed by atoms with Crippen LogP contribution in [0.3, 0.4) is 0 Å². The Hall–Kier alpha value is -0.592. The summed E-state index contributed by atoms with van der Waals surface area (Å²) in [6.07, 6.45) is -1.58. The zero-order chi connectivity index (χ0) is 9.99. The molecule has 0 heterocycles. The second-order valence-electron chi connectivity index (χ2n) is 1.26. The van der Waals surface area contributed by atoms with E-state index in [0.29, 0.717) is 0 Å². The van der Waals surface area contributed by atoms with Crippen LogP contribution in [-0.2, 0) is 0 Å². The minimum Gasteiger partial charge on any atom is -0.336 e. The topological polar surface area (TPSA) is 61.9 Å². The molecule has 0 bridgehead atoms. The van der Waals surface area contributed by atoms with Crippen molar-refractivity contribution >= 4 is 20.3 Å². The van der Waals surface area contributed by atoms with Gasteiger partial charge in [0.25, 0.3) is 0 Å². The van der Waals surface area contributed by atoms with Gasteiger partial charge < -0.3 is 15.0 Å². The van der Waals surface area contributed by atoms with Crippen LogP contribution in [0.1, 0.15) is 0 Å². The molecule has 0 atom stereocenters. The van der Waals surface area contributed by atoms with E-state index in [4.69, 9.17) is 15.0 Å². The molecular formula is CH3AsF6O3. The first kappa shape index (κ1) is 13.0. The van der Waals surface area contributed by atoms with Gasteiger partial charge in [0.05, 0.1) is 0 Å². The minimum atomic E-state index is -11.1. The van der Waals surface area contributed by atoms with Crippen molar-refractivity contribution in [2.24, 2.45) is 0 Å². The first-order valence-corrected chi connectivity index (χ1v) is 5.94. The van der Waals surface area contributed by atoms with E-state index in [1.807, 2.05) is 0 Å². The van der Waals surface area contributed by atoms with Crippen molar-refractivity contribution < 1.29 is 35.8 Å². The predicted octanol–water partition coefficient (Wildman–Crippen LogP) is 1.70. The van der Waals surface area contributed by atoms with Crippen molar-refractivity contribution in [1.29, 1.82) is 0 Å². The molecule has 0 aromatic rings. The van der Waals surface area contributed by atoms with Crippen molar-refractivity contribution in [3.63, 3.8) is 0 Å². The van der Waals surface area contributed by atoms with Gasteiger partial charge in [0, 0.05) is 0 Å². The monoisotopic (exact) mass is 252 g/mol. The van der Waals surface area contributed by atoms with Crippen LogP contribution in [0.15, 0.2) is 0 Å². The SMILES string of the molecule is F[As-](F)(F)(F)(F)F.OC(O)=[OH+]. The van der Waals surface area contributed by atoms with Crippen LogP contribution in [0.25, 0.3) is 0 Å². The summed E-state index contributed by atoms with van der Waals surface area (Å²) < 4.78 is 59.4. The van der Waals surface area contributed by atoms with Crippen molar-refractivity contribution in [2.75, 3.05) is 0 Å². The second-order valence-corrected chi connectivity index (χ2v) is 5.28. The molecule has 3 nitrogen and oxygen atoms in total. The van der Waals surface area contributed by atoms with Gasteiger partial charge in [-0.1, -0.05) is 0 Å². The first-order chi connectivity index (χ1) is 4.18. The van der Waals surface area contributed by atoms with E-state index >= 15 is 0 Å². The van der Waals surface area contributed by atoms with Crippen LogP contribution in [0.4, 0.5) is 20.8 Å². The molecule has 0 aromatic carbocycles. The number of carboxylic acid groups (broad SMARTS) is 2. The summed E-state index contributed by atoms with van der Waals surface area (Å²) >= 11 is -11.1. The van der Waals surface area contributed by atoms with Crippen LogP contribution in [0.2, 0.25) is 0 Å². The molecule has 0 saturated carbocycles. The summed E-state index contributed by atoms with van der Waals surface area (Å²) in [7, 11) is 0. The molecular weight excluding hydrogens is 249 g/mol. The Labute approximate surface area is 57.1 Å². The molecule has 0 unspecified atom stereocenters. The van der Waals surface area contributed by atoms with E-state index in [2.05, 4.69) is 0 Å². The van der Waals surface area contributed by atoms with Gasteiger partial charge in [0.2, 0.25) is 0 Å². The van der Waals surface area contributed by atoms with E-state index < -0.39 is 20.3 Å². The van der Waals surface area contributed by atoms with Gasteiger partial charge in [-0.3, -0.25) is 0 Å². The van der Waals surface area contributed by atoms with Crippen LogP contribution in [-0.4, -0.2) is 35.3 Å². The third kappa shape index (κ3) is 1480. The molecule has 0 aliphatic carbocycles. The largest absolute Gasteiger partial charge is 0.707 e. The molecule has 0 saturated heterocycles. The molecule has 10 heteroatoms. The molecule has 0 aromatic heterocycles. The average Bonchev–Trinajstić information content (AvgIpc) is 1.11. The minimum absolute atomic E-state index is 1.58. The van der Waals surface area contributed by atoms with Crippen molar-refractivity contribution in [3.05, 3.63) is 0 Å². The summed E-state index contributed by atoms with van der Waals surface area (Å²) in [5.41, 5.74) is 0. The Morgan fingerprint density at radius 1 is 0.909 bits per heavy atom. The van der Waals surface area contributed by atoms with Gasteiger partial charge in [0.15, 0.2) is 0 Å². The zero-order valence-corrected chi connectivity index (χ0v) is 6.43. The molecule has 0 rings (SSSR count). The molecule has 0 aliphatic heterocycles. The molecule has 0 aliphatic rings. The summed E-state index contributed by atoms with van der Waals surface area (Å²) in [5.74, 6) is 0. The number of rotatable bonds is 0. The van der Waals surface area contributed by atoms with Crippen molar-refractivity contribution in [2.45, 2.75) is 0 Å². The summed E-state index contributed by atoms with van der Waals surface area (Å²) in [4.78, 5) is 7.08. The normalized spacial score (nSPS) is 16.9. The van der Waals surface area contributed by atoms with Crippen LogP contribution in [0, 0.1) is 0 Å². The maximum absolute atomic E-state index is 11.1. The van der Waals surface area contributed by atoms with Gasteiger partial charge in [-0.15, -0.1) is 0 Å². The smallest absolute Gasteiger partial charge is 0.336 e. The van der Waals surface area contributed by atoms with Crippen LogP contribution < -0.4 is 0 Å². The van der Waals surface area contributed by atoms with Crippen LogP contribution >= 0.6 is 0 Å². The fourth-order valence-corrected chi connectivity index (χ4v) is 0. The number of aliphatic hydroxyl groups excluding tert-OH is 1. The van der Waals surface area contributed by atoms with Gasteiger partial charge in [-0.2, -0.15) is 0 Å². The van der Waals surface area contributed by atoms with Crippen molar-refractivity contribution in [1.82, 2.24) is 0 Å². The first-order valence-electron chi connectivity index (χ1n) is 1.69. The Morgan fingerprint density at radius 2 is 0.909 bits per heavy atom. The third-order valence-corrected chi connectivity index (χ3v) is 0. The van der Waals surface area contributed by atoms with E-state index in [1.54, 1.807) is 0 Å². The van der Waals surface area contributed by atoms with E-state index in [0.717, 1.165) is 0 Å². The van der Waals surface area contributed by atoms with E-state index in [9.17, 15) is 20.8 Å². The quantitative estimate of drug-likeness (QED) is 0.391. The molecule has 11 heavy (non-hydrogen) atoms. The Balaban J connectivity index is 0. The molecule has 0 radical (unpaired) electrons. The maximum Gasteiger partial charge on any atom is 0.707 e. The number of halogens is 6. The molecule has 72 valence electrons. The molecule has 0 spiro atoms. The molecule has 0 fully saturated rings. The van der Waals surface area contributed by atoms with E-state index in [1.165, 1.54) is 0 Å². The number of hydrogen-bond acceptors (Lipinski definition) is 0. The van der Waals surface area contributed by atoms with Crippen LogP contribution in [0.5, 0.6) is 0 Å². The second kappa shape index (κ2) is 2.19. The summed E-state index contributed by atoms with van der Waals surface area (Å²) in [5, 5.41) is 14.2. The third-order valence-electron chi connectivity index (χ3n) is 0. The van der Waals surface area contributed by atoms with Gasteiger partial charge in [-0.05, 0) is 0 Å². The van der Waals surface area contributed by atoms with Gasteiger partial charge in [0.1, 0.15) is 0 Å². The Bertz CT molecular complexity index is 136. The fraction of sp³-hybridized carbons (Fsp3) is 0. The number of hydrogen-bond donors (Lipinski definition) is 2. The summed E-state index contributed by atoms with van der Waals surface area (Å²) in [6, 6.07) is 0. The van der Waals surface area contributed by atoms with Crippen molar-refractivity contribution in [3.8, 4) is 0 Å². The predicted molar refractivity (Wildman–Crippen MR) is 24.6 cm³/mol. The van der Waals surface area contributed by atoms with Gasteiger partial charge in [-0.25, -0.2) is 0 Å².